The first-order valence-corrected chi connectivity index (χ1v) is 10.0. The number of ether oxygens (including phenoxy) is 1. The predicted octanol–water partition coefficient (Wildman–Crippen LogP) is 1.27. The van der Waals surface area contributed by atoms with Gasteiger partial charge in [0.2, 0.25) is 11.8 Å². The Labute approximate surface area is 161 Å². The summed E-state index contributed by atoms with van der Waals surface area (Å²) in [5, 5.41) is 0. The maximum Gasteiger partial charge on any atom is 0.330 e. The van der Waals surface area contributed by atoms with Crippen LogP contribution in [-0.2, 0) is 28.8 Å². The highest BCUT2D eigenvalue weighted by molar-refractivity contribution is 8.00. The minimum Gasteiger partial charge on any atom is -0.454 e. The van der Waals surface area contributed by atoms with Crippen molar-refractivity contribution in [2.75, 3.05) is 18.9 Å². The smallest absolute Gasteiger partial charge is 0.330 e. The van der Waals surface area contributed by atoms with E-state index in [1.165, 1.54) is 0 Å². The molecule has 0 N–H and O–H groups in total. The third-order valence-corrected chi connectivity index (χ3v) is 6.93. The van der Waals surface area contributed by atoms with Crippen molar-refractivity contribution in [3.05, 3.63) is 35.9 Å². The van der Waals surface area contributed by atoms with Crippen LogP contribution in [0.15, 0.2) is 30.3 Å². The maximum absolute atomic E-state index is 12.6. The van der Waals surface area contributed by atoms with Gasteiger partial charge in [0, 0.05) is 25.1 Å². The molecule has 3 amide bonds. The van der Waals surface area contributed by atoms with E-state index in [9.17, 15) is 19.2 Å². The van der Waals surface area contributed by atoms with Crippen LogP contribution in [-0.4, -0.2) is 58.4 Å². The van der Waals surface area contributed by atoms with Crippen LogP contribution in [0.2, 0.25) is 0 Å². The van der Waals surface area contributed by atoms with Gasteiger partial charge in [0.1, 0.15) is 10.9 Å². The minimum absolute atomic E-state index is 0.0770. The van der Waals surface area contributed by atoms with Crippen LogP contribution in [0.3, 0.4) is 0 Å². The highest BCUT2D eigenvalue weighted by atomic mass is 32.2. The molecule has 1 aromatic carbocycles. The van der Waals surface area contributed by atoms with E-state index in [1.807, 2.05) is 30.3 Å². The molecule has 0 aromatic heterocycles. The van der Waals surface area contributed by atoms with Gasteiger partial charge in [-0.25, -0.2) is 4.79 Å². The number of thioether (sulfide) groups is 1. The Hall–Kier alpha value is -2.35. The minimum atomic E-state index is -0.715. The SMILES string of the molecule is O=C(OCC(=O)N1CCCC1=O)[C@@H]1CS[C@]2(c3ccccc3)CCC(=O)N12. The standard InChI is InChI=1S/C19H20N2O5S/c22-15-7-4-10-20(15)17(24)11-26-18(25)14-12-27-19(9-8-16(23)21(14)19)13-5-2-1-3-6-13/h1-3,5-6,14H,4,7-12H2/t14-,19-/m0/s1. The summed E-state index contributed by atoms with van der Waals surface area (Å²) in [6.07, 6.45) is 2.01. The van der Waals surface area contributed by atoms with Crippen molar-refractivity contribution in [1.29, 1.82) is 0 Å². The van der Waals surface area contributed by atoms with Gasteiger partial charge in [-0.3, -0.25) is 19.3 Å². The number of hydrogen-bond acceptors (Lipinski definition) is 6. The second-order valence-corrected chi connectivity index (χ2v) is 8.19. The van der Waals surface area contributed by atoms with Crippen LogP contribution >= 0.6 is 11.8 Å². The first-order valence-electron chi connectivity index (χ1n) is 9.04. The van der Waals surface area contributed by atoms with Crippen molar-refractivity contribution in [2.45, 2.75) is 36.6 Å². The summed E-state index contributed by atoms with van der Waals surface area (Å²) in [6.45, 7) is -0.0949. The van der Waals surface area contributed by atoms with E-state index >= 15 is 0 Å². The van der Waals surface area contributed by atoms with E-state index in [0.717, 1.165) is 10.5 Å². The van der Waals surface area contributed by atoms with Crippen LogP contribution in [0.25, 0.3) is 0 Å². The van der Waals surface area contributed by atoms with Gasteiger partial charge in [-0.05, 0) is 18.4 Å². The van der Waals surface area contributed by atoms with Crippen molar-refractivity contribution < 1.29 is 23.9 Å². The van der Waals surface area contributed by atoms with Crippen LogP contribution < -0.4 is 0 Å². The van der Waals surface area contributed by atoms with E-state index in [-0.39, 0.29) is 11.8 Å². The summed E-state index contributed by atoms with van der Waals surface area (Å²) in [5.41, 5.74) is 0.995. The number of fused-ring (bicyclic) bond motifs is 1. The molecule has 27 heavy (non-hydrogen) atoms. The van der Waals surface area contributed by atoms with Crippen LogP contribution in [0.5, 0.6) is 0 Å². The average molecular weight is 388 g/mol. The Morgan fingerprint density at radius 3 is 2.63 bits per heavy atom. The number of nitrogens with zero attached hydrogens (tertiary/aromatic N) is 2. The Bertz CT molecular complexity index is 799. The summed E-state index contributed by atoms with van der Waals surface area (Å²) < 4.78 is 5.20. The normalized spacial score (nSPS) is 27.2. The lowest BCUT2D eigenvalue weighted by Gasteiger charge is -2.33. The number of benzene rings is 1. The quantitative estimate of drug-likeness (QED) is 0.723. The fourth-order valence-corrected chi connectivity index (χ4v) is 5.67. The number of amides is 3. The number of carbonyl (C=O) groups is 4. The molecule has 0 saturated carbocycles. The fourth-order valence-electron chi connectivity index (χ4n) is 4.03. The third-order valence-electron chi connectivity index (χ3n) is 5.34. The van der Waals surface area contributed by atoms with Crippen LogP contribution in [0.1, 0.15) is 31.2 Å². The highest BCUT2D eigenvalue weighted by Crippen LogP contribution is 2.54. The molecule has 0 bridgehead atoms. The summed E-state index contributed by atoms with van der Waals surface area (Å²) in [7, 11) is 0. The van der Waals surface area contributed by atoms with E-state index in [2.05, 4.69) is 0 Å². The predicted molar refractivity (Wildman–Crippen MR) is 97.4 cm³/mol. The molecule has 142 valence electrons. The van der Waals surface area contributed by atoms with E-state index in [0.29, 0.717) is 38.0 Å². The van der Waals surface area contributed by atoms with Crippen LogP contribution in [0.4, 0.5) is 0 Å². The lowest BCUT2D eigenvalue weighted by atomic mass is 10.0. The fraction of sp³-hybridized carbons (Fsp3) is 0.474. The van der Waals surface area contributed by atoms with Gasteiger partial charge in [-0.1, -0.05) is 30.3 Å². The molecule has 3 aliphatic heterocycles. The Kier molecular flexibility index (Phi) is 4.67. The highest BCUT2D eigenvalue weighted by Gasteiger charge is 2.57. The van der Waals surface area contributed by atoms with Crippen LogP contribution in [0, 0.1) is 0 Å². The first kappa shape index (κ1) is 18.0. The third kappa shape index (κ3) is 3.01. The molecule has 7 nitrogen and oxygen atoms in total. The van der Waals surface area contributed by atoms with Gasteiger partial charge >= 0.3 is 5.97 Å². The molecule has 3 heterocycles. The van der Waals surface area contributed by atoms with Gasteiger partial charge in [0.05, 0.1) is 0 Å². The van der Waals surface area contributed by atoms with Gasteiger partial charge in [0.15, 0.2) is 6.61 Å². The number of hydrogen-bond donors (Lipinski definition) is 0. The maximum atomic E-state index is 12.6. The topological polar surface area (TPSA) is 84.0 Å². The summed E-state index contributed by atoms with van der Waals surface area (Å²) in [4.78, 5) is 51.1. The van der Waals surface area contributed by atoms with Crippen molar-refractivity contribution in [3.8, 4) is 0 Å². The molecular weight excluding hydrogens is 368 g/mol. The first-order chi connectivity index (χ1) is 13.0. The zero-order chi connectivity index (χ0) is 19.0. The summed E-state index contributed by atoms with van der Waals surface area (Å²) >= 11 is 1.57. The summed E-state index contributed by atoms with van der Waals surface area (Å²) in [5.74, 6) is -0.970. The molecule has 0 unspecified atom stereocenters. The number of rotatable bonds is 4. The molecule has 1 aromatic rings. The van der Waals surface area contributed by atoms with Gasteiger partial charge in [-0.15, -0.1) is 11.8 Å². The van der Waals surface area contributed by atoms with Gasteiger partial charge < -0.3 is 9.64 Å². The lowest BCUT2D eigenvalue weighted by molar-refractivity contribution is -0.159. The van der Waals surface area contributed by atoms with Crippen molar-refractivity contribution in [1.82, 2.24) is 9.80 Å². The largest absolute Gasteiger partial charge is 0.454 e. The Balaban J connectivity index is 1.46. The molecule has 8 heteroatoms. The molecule has 0 aliphatic carbocycles. The molecule has 0 radical (unpaired) electrons. The average Bonchev–Trinajstić information content (AvgIpc) is 3.36. The zero-order valence-corrected chi connectivity index (χ0v) is 15.6. The molecule has 0 spiro atoms. The van der Waals surface area contributed by atoms with E-state index in [4.69, 9.17) is 4.74 Å². The zero-order valence-electron chi connectivity index (χ0n) is 14.8. The van der Waals surface area contributed by atoms with Gasteiger partial charge in [-0.2, -0.15) is 0 Å². The monoisotopic (exact) mass is 388 g/mol. The van der Waals surface area contributed by atoms with Gasteiger partial charge in [0.25, 0.3) is 5.91 Å². The number of imide groups is 1. The second-order valence-electron chi connectivity index (χ2n) is 6.89. The Morgan fingerprint density at radius 2 is 1.93 bits per heavy atom. The number of esters is 1. The van der Waals surface area contributed by atoms with E-state index < -0.39 is 29.4 Å². The molecule has 4 rings (SSSR count). The molecule has 3 fully saturated rings. The van der Waals surface area contributed by atoms with E-state index in [1.54, 1.807) is 16.7 Å². The molecule has 2 atom stereocenters. The second kappa shape index (κ2) is 6.99. The van der Waals surface area contributed by atoms with Crippen molar-refractivity contribution in [2.24, 2.45) is 0 Å². The molecule has 3 saturated heterocycles. The molecule has 3 aliphatic rings. The summed E-state index contributed by atoms with van der Waals surface area (Å²) in [6, 6.07) is 8.97. The van der Waals surface area contributed by atoms with Crippen molar-refractivity contribution >= 4 is 35.5 Å². The lowest BCUT2D eigenvalue weighted by Crippen LogP contribution is -2.47. The number of carbonyl (C=O) groups excluding carboxylic acids is 4. The number of likely N-dealkylation sites (tertiary alicyclic amines) is 1. The Morgan fingerprint density at radius 1 is 1.15 bits per heavy atom. The molecular formula is C19H20N2O5S. The van der Waals surface area contributed by atoms with Crippen molar-refractivity contribution in [3.63, 3.8) is 0 Å².